The van der Waals surface area contributed by atoms with Crippen molar-refractivity contribution in [1.82, 2.24) is 4.67 Å². The maximum Gasteiger partial charge on any atom is 0.347 e. The van der Waals surface area contributed by atoms with Gasteiger partial charge in [-0.15, -0.1) is 32.0 Å². The SMILES string of the molecule is CN(C)c1ccc(OC(=O)CC(CO[N+](=O)[O-])O[N+](=O)[O-])c(C(=O)Oc2ccc(P(=S)([S-])N3CCOCC3)cc2)c1. The van der Waals surface area contributed by atoms with Gasteiger partial charge < -0.3 is 41.0 Å². The quantitative estimate of drug-likeness (QED) is 0.0784. The summed E-state index contributed by atoms with van der Waals surface area (Å²) in [6, 6.07) is 10.9. The second kappa shape index (κ2) is 14.4. The smallest absolute Gasteiger partial charge is 0.347 e. The van der Waals surface area contributed by atoms with Crippen molar-refractivity contribution in [3.05, 3.63) is 68.3 Å². The van der Waals surface area contributed by atoms with Gasteiger partial charge in [0.25, 0.3) is 10.2 Å². The molecular weight excluding hydrogens is 603 g/mol. The monoisotopic (exact) mass is 629 g/mol. The van der Waals surface area contributed by atoms with E-state index in [-0.39, 0.29) is 17.1 Å². The molecule has 0 spiro atoms. The summed E-state index contributed by atoms with van der Waals surface area (Å²) in [4.78, 5) is 56.9. The molecular formula is C23H26N4O11PS2-. The van der Waals surface area contributed by atoms with E-state index >= 15 is 0 Å². The van der Waals surface area contributed by atoms with Crippen LogP contribution in [0, 0.1) is 20.2 Å². The Morgan fingerprint density at radius 1 is 1.10 bits per heavy atom. The largest absolute Gasteiger partial charge is 0.727 e. The summed E-state index contributed by atoms with van der Waals surface area (Å²) in [5.41, 5.74) is 0.460. The molecule has 2 aromatic carbocycles. The summed E-state index contributed by atoms with van der Waals surface area (Å²) in [7, 11) is 3.47. The summed E-state index contributed by atoms with van der Waals surface area (Å²) in [5.74, 6) is -1.94. The van der Waals surface area contributed by atoms with Crippen molar-refractivity contribution in [3.8, 4) is 11.5 Å². The lowest BCUT2D eigenvalue weighted by Gasteiger charge is -2.43. The molecule has 15 nitrogen and oxygen atoms in total. The van der Waals surface area contributed by atoms with Crippen LogP contribution in [0.2, 0.25) is 0 Å². The maximum atomic E-state index is 13.2. The Hall–Kier alpha value is -3.50. The van der Waals surface area contributed by atoms with E-state index in [1.807, 2.05) is 0 Å². The van der Waals surface area contributed by atoms with Crippen molar-refractivity contribution in [2.24, 2.45) is 0 Å². The Balaban J connectivity index is 1.76. The second-order valence-corrected chi connectivity index (χ2v) is 14.7. The molecule has 0 saturated carbocycles. The number of hydrogen-bond donors (Lipinski definition) is 0. The number of morpholine rings is 1. The fraction of sp³-hybridized carbons (Fsp3) is 0.391. The number of rotatable bonds is 13. The summed E-state index contributed by atoms with van der Waals surface area (Å²) in [5, 5.41) is 17.1. The van der Waals surface area contributed by atoms with Crippen LogP contribution in [-0.2, 0) is 43.3 Å². The fourth-order valence-corrected chi connectivity index (χ4v) is 6.88. The van der Waals surface area contributed by atoms with Gasteiger partial charge in [-0.25, -0.2) is 4.79 Å². The normalized spacial score (nSPS) is 15.6. The van der Waals surface area contributed by atoms with E-state index in [0.717, 1.165) is 5.30 Å². The highest BCUT2D eigenvalue weighted by Gasteiger charge is 2.24. The van der Waals surface area contributed by atoms with Crippen LogP contribution in [0.5, 0.6) is 11.5 Å². The lowest BCUT2D eigenvalue weighted by Crippen LogP contribution is -2.35. The third kappa shape index (κ3) is 9.26. The molecule has 1 saturated heterocycles. The third-order valence-corrected chi connectivity index (χ3v) is 10.4. The predicted molar refractivity (Wildman–Crippen MR) is 151 cm³/mol. The van der Waals surface area contributed by atoms with Gasteiger partial charge >= 0.3 is 11.9 Å². The van der Waals surface area contributed by atoms with Gasteiger partial charge in [0, 0.05) is 32.9 Å². The van der Waals surface area contributed by atoms with E-state index < -0.39 is 46.6 Å². The van der Waals surface area contributed by atoms with Crippen LogP contribution in [0.15, 0.2) is 42.5 Å². The number of anilines is 1. The molecule has 0 bridgehead atoms. The first-order chi connectivity index (χ1) is 19.4. The first-order valence-electron chi connectivity index (χ1n) is 11.9. The van der Waals surface area contributed by atoms with E-state index in [1.165, 1.54) is 12.1 Å². The van der Waals surface area contributed by atoms with Gasteiger partial charge in [0.15, 0.2) is 0 Å². The van der Waals surface area contributed by atoms with Crippen LogP contribution < -0.4 is 19.7 Å². The van der Waals surface area contributed by atoms with Gasteiger partial charge in [0.05, 0.1) is 19.6 Å². The minimum absolute atomic E-state index is 0.122. The van der Waals surface area contributed by atoms with Crippen molar-refractivity contribution in [2.75, 3.05) is 51.9 Å². The second-order valence-electron chi connectivity index (χ2n) is 8.69. The highest BCUT2D eigenvalue weighted by atomic mass is 32.9. The Labute approximate surface area is 244 Å². The predicted octanol–water partition coefficient (Wildman–Crippen LogP) is 1.87. The molecule has 1 aliphatic heterocycles. The minimum atomic E-state index is -2.44. The first-order valence-corrected chi connectivity index (χ1v) is 15.7. The standard InChI is InChI=1S/C23H27N4O11PS2/c1-24(2)16-3-8-21(37-22(28)14-18(38-27(32)33)15-35-26(30)31)20(13-16)23(29)36-17-4-6-19(7-5-17)39(40,41)25-9-11-34-12-10-25/h3-8,13,18H,9-12,14-15H2,1-2H3,(H,40,41)/p-1. The zero-order chi connectivity index (χ0) is 30.2. The summed E-state index contributed by atoms with van der Waals surface area (Å²) in [6.07, 6.45) is -2.41. The Bertz CT molecular complexity index is 1320. The van der Waals surface area contributed by atoms with Crippen molar-refractivity contribution >= 4 is 52.4 Å². The number of ether oxygens (including phenoxy) is 3. The number of carbonyl (C=O) groups is 2. The van der Waals surface area contributed by atoms with Crippen LogP contribution in [-0.4, -0.2) is 79.9 Å². The molecule has 0 radical (unpaired) electrons. The number of esters is 2. The molecule has 41 heavy (non-hydrogen) atoms. The van der Waals surface area contributed by atoms with Gasteiger partial charge in [-0.05, 0) is 35.6 Å². The number of carbonyl (C=O) groups excluding carboxylic acids is 2. The van der Waals surface area contributed by atoms with E-state index in [1.54, 1.807) is 49.3 Å². The molecule has 18 heteroatoms. The van der Waals surface area contributed by atoms with Gasteiger partial charge in [-0.2, -0.15) is 0 Å². The average molecular weight is 630 g/mol. The van der Waals surface area contributed by atoms with Gasteiger partial charge in [0.1, 0.15) is 29.8 Å². The number of benzene rings is 2. The molecule has 0 aromatic heterocycles. The van der Waals surface area contributed by atoms with Crippen LogP contribution in [0.1, 0.15) is 16.8 Å². The van der Waals surface area contributed by atoms with Crippen molar-refractivity contribution in [2.45, 2.75) is 12.5 Å². The van der Waals surface area contributed by atoms with E-state index in [9.17, 15) is 29.8 Å². The molecule has 1 heterocycles. The Morgan fingerprint density at radius 2 is 1.76 bits per heavy atom. The van der Waals surface area contributed by atoms with Crippen LogP contribution >= 0.6 is 5.39 Å². The molecule has 0 amide bonds. The summed E-state index contributed by atoms with van der Waals surface area (Å²) >= 11 is 11.5. The van der Waals surface area contributed by atoms with Crippen molar-refractivity contribution in [1.29, 1.82) is 0 Å². The Kier molecular flexibility index (Phi) is 11.3. The van der Waals surface area contributed by atoms with E-state index in [0.29, 0.717) is 32.0 Å². The van der Waals surface area contributed by atoms with Gasteiger partial charge in [0.2, 0.25) is 0 Å². The third-order valence-electron chi connectivity index (χ3n) is 5.65. The highest BCUT2D eigenvalue weighted by molar-refractivity contribution is 8.56. The molecule has 0 aliphatic carbocycles. The minimum Gasteiger partial charge on any atom is -0.727 e. The van der Waals surface area contributed by atoms with Crippen molar-refractivity contribution < 1.29 is 43.6 Å². The van der Waals surface area contributed by atoms with E-state index in [2.05, 4.69) is 14.3 Å². The maximum absolute atomic E-state index is 13.2. The molecule has 3 rings (SSSR count). The molecule has 222 valence electrons. The van der Waals surface area contributed by atoms with Crippen LogP contribution in [0.25, 0.3) is 0 Å². The summed E-state index contributed by atoms with van der Waals surface area (Å²) < 4.78 is 18.2. The Morgan fingerprint density at radius 3 is 2.34 bits per heavy atom. The zero-order valence-electron chi connectivity index (χ0n) is 21.9. The molecule has 0 N–H and O–H groups in total. The molecule has 2 aromatic rings. The molecule has 1 fully saturated rings. The first kappa shape index (κ1) is 32.0. The lowest BCUT2D eigenvalue weighted by atomic mass is 10.1. The van der Waals surface area contributed by atoms with E-state index in [4.69, 9.17) is 38.3 Å². The molecule has 2 unspecified atom stereocenters. The van der Waals surface area contributed by atoms with Crippen LogP contribution in [0.4, 0.5) is 5.69 Å². The average Bonchev–Trinajstić information content (AvgIpc) is 2.92. The zero-order valence-corrected chi connectivity index (χ0v) is 24.4. The van der Waals surface area contributed by atoms with Gasteiger partial charge in [-0.1, -0.05) is 17.5 Å². The highest BCUT2D eigenvalue weighted by Crippen LogP contribution is 2.46. The number of nitrogens with zero attached hydrogens (tertiary/aromatic N) is 4. The number of hydrogen-bond acceptors (Lipinski definition) is 14. The molecule has 2 atom stereocenters. The lowest BCUT2D eigenvalue weighted by molar-refractivity contribution is -0.789. The van der Waals surface area contributed by atoms with Crippen LogP contribution in [0.3, 0.4) is 0 Å². The summed E-state index contributed by atoms with van der Waals surface area (Å²) in [6.45, 7) is 1.50. The van der Waals surface area contributed by atoms with Crippen molar-refractivity contribution in [3.63, 3.8) is 0 Å². The topological polar surface area (TPSA) is 173 Å². The fourth-order valence-electron chi connectivity index (χ4n) is 3.63. The molecule has 1 aliphatic rings. The van der Waals surface area contributed by atoms with Gasteiger partial charge in [-0.3, -0.25) is 9.46 Å².